The number of benzene rings is 2. The van der Waals surface area contributed by atoms with Crippen LogP contribution in [-0.2, 0) is 0 Å². The second kappa shape index (κ2) is 6.72. The minimum absolute atomic E-state index is 0.248. The summed E-state index contributed by atoms with van der Waals surface area (Å²) in [6, 6.07) is 14.8. The lowest BCUT2D eigenvalue weighted by molar-refractivity contribution is 0.481. The molecule has 0 aliphatic heterocycles. The van der Waals surface area contributed by atoms with Crippen molar-refractivity contribution in [3.63, 3.8) is 0 Å². The molecule has 0 heterocycles. The molecular formula is C18H18N4O. The summed E-state index contributed by atoms with van der Waals surface area (Å²) < 4.78 is 5.85. The highest BCUT2D eigenvalue weighted by Gasteiger charge is 2.12. The first kappa shape index (κ1) is 16.2. The number of hydrogen-bond acceptors (Lipinski definition) is 5. The van der Waals surface area contributed by atoms with Gasteiger partial charge in [-0.1, -0.05) is 6.07 Å². The van der Waals surface area contributed by atoms with E-state index < -0.39 is 0 Å². The van der Waals surface area contributed by atoms with E-state index in [4.69, 9.17) is 10.00 Å². The van der Waals surface area contributed by atoms with Crippen LogP contribution in [0.4, 0.5) is 11.4 Å². The van der Waals surface area contributed by atoms with Crippen molar-refractivity contribution in [2.24, 2.45) is 0 Å². The van der Waals surface area contributed by atoms with Gasteiger partial charge >= 0.3 is 0 Å². The number of rotatable bonds is 4. The van der Waals surface area contributed by atoms with Crippen LogP contribution < -0.4 is 14.5 Å². The molecule has 0 aliphatic carbocycles. The Bertz CT molecular complexity index is 798. The highest BCUT2D eigenvalue weighted by molar-refractivity contribution is 5.72. The topological polar surface area (TPSA) is 63.3 Å². The van der Waals surface area contributed by atoms with E-state index in [-0.39, 0.29) is 5.56 Å². The SMILES string of the molecule is CN(C)c1ccc(Oc2cccc(C#N)c2C#N)cc1N(C)C. The van der Waals surface area contributed by atoms with Crippen LogP contribution in [0, 0.1) is 22.7 Å². The molecule has 0 atom stereocenters. The molecule has 0 aromatic heterocycles. The Morgan fingerprint density at radius 3 is 2.13 bits per heavy atom. The molecule has 5 nitrogen and oxygen atoms in total. The van der Waals surface area contributed by atoms with Crippen molar-refractivity contribution in [2.75, 3.05) is 38.0 Å². The minimum Gasteiger partial charge on any atom is -0.456 e. The number of nitriles is 2. The molecule has 116 valence electrons. The lowest BCUT2D eigenvalue weighted by Crippen LogP contribution is -2.16. The number of anilines is 2. The number of hydrogen-bond donors (Lipinski definition) is 0. The number of nitrogens with zero attached hydrogens (tertiary/aromatic N) is 4. The molecule has 0 saturated heterocycles. The van der Waals surface area contributed by atoms with Gasteiger partial charge in [-0.15, -0.1) is 0 Å². The summed E-state index contributed by atoms with van der Waals surface area (Å²) in [6.45, 7) is 0. The summed E-state index contributed by atoms with van der Waals surface area (Å²) in [7, 11) is 7.88. The maximum atomic E-state index is 9.27. The molecule has 0 fully saturated rings. The van der Waals surface area contributed by atoms with Crippen molar-refractivity contribution in [1.82, 2.24) is 0 Å². The van der Waals surface area contributed by atoms with Crippen molar-refractivity contribution in [1.29, 1.82) is 10.5 Å². The Kier molecular flexibility index (Phi) is 4.73. The fourth-order valence-corrected chi connectivity index (χ4v) is 2.25. The second-order valence-electron chi connectivity index (χ2n) is 5.44. The van der Waals surface area contributed by atoms with E-state index in [0.717, 1.165) is 11.4 Å². The van der Waals surface area contributed by atoms with Crippen molar-refractivity contribution < 1.29 is 4.74 Å². The zero-order chi connectivity index (χ0) is 17.0. The fourth-order valence-electron chi connectivity index (χ4n) is 2.25. The first-order valence-corrected chi connectivity index (χ1v) is 7.07. The predicted molar refractivity (Wildman–Crippen MR) is 91.0 cm³/mol. The van der Waals surface area contributed by atoms with E-state index >= 15 is 0 Å². The average molecular weight is 306 g/mol. The Labute approximate surface area is 136 Å². The molecule has 0 amide bonds. The normalized spacial score (nSPS) is 9.65. The van der Waals surface area contributed by atoms with Gasteiger partial charge in [0.05, 0.1) is 16.9 Å². The van der Waals surface area contributed by atoms with Crippen LogP contribution in [0.15, 0.2) is 36.4 Å². The molecule has 0 radical (unpaired) electrons. The second-order valence-corrected chi connectivity index (χ2v) is 5.44. The molecule has 0 spiro atoms. The third-order valence-corrected chi connectivity index (χ3v) is 3.40. The van der Waals surface area contributed by atoms with Crippen LogP contribution in [-0.4, -0.2) is 28.2 Å². The van der Waals surface area contributed by atoms with Gasteiger partial charge in [0.15, 0.2) is 0 Å². The van der Waals surface area contributed by atoms with Gasteiger partial charge in [0.1, 0.15) is 29.2 Å². The molecule has 5 heteroatoms. The molecule has 2 rings (SSSR count). The summed E-state index contributed by atoms with van der Waals surface area (Å²) in [5.41, 5.74) is 2.62. The summed E-state index contributed by atoms with van der Waals surface area (Å²) >= 11 is 0. The highest BCUT2D eigenvalue weighted by Crippen LogP contribution is 2.34. The van der Waals surface area contributed by atoms with Gasteiger partial charge in [-0.2, -0.15) is 10.5 Å². The fraction of sp³-hybridized carbons (Fsp3) is 0.222. The standard InChI is InChI=1S/C18H18N4O/c1-21(2)16-9-8-14(10-17(16)22(3)4)23-18-7-5-6-13(11-19)15(18)12-20/h5-10H,1-4H3. The van der Waals surface area contributed by atoms with Crippen LogP contribution >= 0.6 is 0 Å². The first-order chi connectivity index (χ1) is 11.0. The monoisotopic (exact) mass is 306 g/mol. The summed E-state index contributed by atoms with van der Waals surface area (Å²) in [5, 5.41) is 18.4. The van der Waals surface area contributed by atoms with E-state index in [1.165, 1.54) is 0 Å². The molecule has 2 aromatic rings. The molecule has 2 aromatic carbocycles. The van der Waals surface area contributed by atoms with Gasteiger partial charge in [0.2, 0.25) is 0 Å². The minimum atomic E-state index is 0.248. The van der Waals surface area contributed by atoms with E-state index in [9.17, 15) is 5.26 Å². The van der Waals surface area contributed by atoms with Gasteiger partial charge in [-0.25, -0.2) is 0 Å². The molecule has 0 aliphatic rings. The Hall–Kier alpha value is -3.18. The zero-order valence-electron chi connectivity index (χ0n) is 13.7. The molecular weight excluding hydrogens is 288 g/mol. The van der Waals surface area contributed by atoms with Crippen LogP contribution in [0.25, 0.3) is 0 Å². The molecule has 0 bridgehead atoms. The average Bonchev–Trinajstić information content (AvgIpc) is 2.54. The van der Waals surface area contributed by atoms with Crippen LogP contribution in [0.2, 0.25) is 0 Å². The van der Waals surface area contributed by atoms with Gasteiger partial charge in [-0.05, 0) is 24.3 Å². The smallest absolute Gasteiger partial charge is 0.146 e. The summed E-state index contributed by atoms with van der Waals surface area (Å²) in [4.78, 5) is 4.02. The van der Waals surface area contributed by atoms with Gasteiger partial charge in [0.25, 0.3) is 0 Å². The largest absolute Gasteiger partial charge is 0.456 e. The predicted octanol–water partition coefficient (Wildman–Crippen LogP) is 3.35. The molecule has 0 N–H and O–H groups in total. The van der Waals surface area contributed by atoms with E-state index in [1.807, 2.05) is 68.3 Å². The first-order valence-electron chi connectivity index (χ1n) is 7.07. The Morgan fingerprint density at radius 2 is 1.57 bits per heavy atom. The summed E-state index contributed by atoms with van der Waals surface area (Å²) in [6.07, 6.45) is 0. The Balaban J connectivity index is 2.45. The zero-order valence-corrected chi connectivity index (χ0v) is 13.7. The maximum absolute atomic E-state index is 9.27. The third kappa shape index (κ3) is 3.36. The van der Waals surface area contributed by atoms with Crippen LogP contribution in [0.1, 0.15) is 11.1 Å². The van der Waals surface area contributed by atoms with E-state index in [2.05, 4.69) is 0 Å². The Morgan fingerprint density at radius 1 is 0.870 bits per heavy atom. The van der Waals surface area contributed by atoms with Crippen molar-refractivity contribution in [3.05, 3.63) is 47.5 Å². The van der Waals surface area contributed by atoms with Crippen LogP contribution in [0.3, 0.4) is 0 Å². The molecule has 0 saturated carbocycles. The molecule has 0 unspecified atom stereocenters. The highest BCUT2D eigenvalue weighted by atomic mass is 16.5. The third-order valence-electron chi connectivity index (χ3n) is 3.40. The van der Waals surface area contributed by atoms with Gasteiger partial charge in [-0.3, -0.25) is 0 Å². The maximum Gasteiger partial charge on any atom is 0.146 e. The van der Waals surface area contributed by atoms with E-state index in [0.29, 0.717) is 17.1 Å². The molecule has 23 heavy (non-hydrogen) atoms. The summed E-state index contributed by atoms with van der Waals surface area (Å²) in [5.74, 6) is 1.000. The van der Waals surface area contributed by atoms with E-state index in [1.54, 1.807) is 18.2 Å². The lowest BCUT2D eigenvalue weighted by Gasteiger charge is -2.23. The van der Waals surface area contributed by atoms with Gasteiger partial charge < -0.3 is 14.5 Å². The lowest BCUT2D eigenvalue weighted by atomic mass is 10.1. The van der Waals surface area contributed by atoms with Gasteiger partial charge in [0, 0.05) is 34.3 Å². The number of ether oxygens (including phenoxy) is 1. The van der Waals surface area contributed by atoms with Crippen LogP contribution in [0.5, 0.6) is 11.5 Å². The van der Waals surface area contributed by atoms with Crippen molar-refractivity contribution in [2.45, 2.75) is 0 Å². The quantitative estimate of drug-likeness (QED) is 0.866. The van der Waals surface area contributed by atoms with Crippen molar-refractivity contribution in [3.8, 4) is 23.6 Å². The van der Waals surface area contributed by atoms with Crippen molar-refractivity contribution >= 4 is 11.4 Å².